The molecule has 0 unspecified atom stereocenters. The van der Waals surface area contributed by atoms with E-state index >= 15 is 0 Å². The number of hydrogen-bond acceptors (Lipinski definition) is 2. The van der Waals surface area contributed by atoms with Crippen LogP contribution in [0.15, 0.2) is 48.7 Å². The van der Waals surface area contributed by atoms with Crippen molar-refractivity contribution in [3.63, 3.8) is 0 Å². The Hall–Kier alpha value is -2.95. The Kier molecular flexibility index (Phi) is 5.16. The molecule has 0 amide bonds. The van der Waals surface area contributed by atoms with E-state index < -0.39 is 11.6 Å². The van der Waals surface area contributed by atoms with Gasteiger partial charge in [-0.2, -0.15) is 5.10 Å². The van der Waals surface area contributed by atoms with Gasteiger partial charge in [-0.15, -0.1) is 0 Å². The maximum absolute atomic E-state index is 14.7. The lowest BCUT2D eigenvalue weighted by Gasteiger charge is -2.16. The second-order valence-electron chi connectivity index (χ2n) is 6.04. The van der Waals surface area contributed by atoms with Crippen molar-refractivity contribution in [3.05, 3.63) is 77.1 Å². The number of nitrogens with one attached hydrogen (secondary N) is 2. The standard InChI is InChI=1S/C21H21F2N3/c1-4-14-8-6-7-9-15(14)18(5-2)25-19-11-10-16(20(22)21(19)23)17-12-24-26-13(17)3/h5-12,25H,4H2,1-3H3,(H,24,26)/b18-5-. The van der Waals surface area contributed by atoms with Crippen LogP contribution in [0.4, 0.5) is 14.5 Å². The van der Waals surface area contributed by atoms with Gasteiger partial charge in [-0.05, 0) is 38.0 Å². The third kappa shape index (κ3) is 3.25. The van der Waals surface area contributed by atoms with Gasteiger partial charge in [-0.25, -0.2) is 8.78 Å². The molecule has 0 bridgehead atoms. The maximum atomic E-state index is 14.7. The van der Waals surface area contributed by atoms with Crippen LogP contribution < -0.4 is 5.32 Å². The van der Waals surface area contributed by atoms with Crippen LogP contribution in [0, 0.1) is 18.6 Å². The predicted molar refractivity (Wildman–Crippen MR) is 102 cm³/mol. The molecule has 26 heavy (non-hydrogen) atoms. The molecule has 0 saturated carbocycles. The van der Waals surface area contributed by atoms with E-state index in [9.17, 15) is 8.78 Å². The number of hydrogen-bond donors (Lipinski definition) is 2. The fourth-order valence-corrected chi connectivity index (χ4v) is 3.01. The maximum Gasteiger partial charge on any atom is 0.182 e. The molecule has 0 radical (unpaired) electrons. The van der Waals surface area contributed by atoms with Crippen LogP contribution in [0.2, 0.25) is 0 Å². The number of aryl methyl sites for hydroxylation is 2. The number of H-pyrrole nitrogens is 1. The highest BCUT2D eigenvalue weighted by Crippen LogP contribution is 2.31. The highest BCUT2D eigenvalue weighted by Gasteiger charge is 2.18. The summed E-state index contributed by atoms with van der Waals surface area (Å²) in [5.41, 5.74) is 4.40. The third-order valence-electron chi connectivity index (χ3n) is 4.45. The van der Waals surface area contributed by atoms with E-state index in [0.29, 0.717) is 11.3 Å². The Bertz CT molecular complexity index is 958. The lowest BCUT2D eigenvalue weighted by molar-refractivity contribution is 0.514. The van der Waals surface area contributed by atoms with Gasteiger partial charge in [0.1, 0.15) is 0 Å². The number of anilines is 1. The molecule has 1 heterocycles. The molecule has 0 aliphatic rings. The Balaban J connectivity index is 1.98. The number of aromatic amines is 1. The molecule has 3 rings (SSSR count). The van der Waals surface area contributed by atoms with Crippen molar-refractivity contribution in [2.75, 3.05) is 5.32 Å². The molecule has 3 nitrogen and oxygen atoms in total. The zero-order valence-electron chi connectivity index (χ0n) is 15.0. The summed E-state index contributed by atoms with van der Waals surface area (Å²) in [4.78, 5) is 0. The molecule has 134 valence electrons. The molecule has 5 heteroatoms. The van der Waals surface area contributed by atoms with Gasteiger partial charge >= 0.3 is 0 Å². The molecule has 0 atom stereocenters. The SMILES string of the molecule is C/C=C(\Nc1ccc(-c2cn[nH]c2C)c(F)c1F)c1ccccc1CC. The molecule has 2 aromatic carbocycles. The first-order valence-corrected chi connectivity index (χ1v) is 8.56. The van der Waals surface area contributed by atoms with Crippen LogP contribution >= 0.6 is 0 Å². The summed E-state index contributed by atoms with van der Waals surface area (Å²) in [6, 6.07) is 11.0. The number of aromatic nitrogens is 2. The molecule has 0 saturated heterocycles. The summed E-state index contributed by atoms with van der Waals surface area (Å²) >= 11 is 0. The van der Waals surface area contributed by atoms with Crippen molar-refractivity contribution in [1.29, 1.82) is 0 Å². The van der Waals surface area contributed by atoms with Crippen molar-refractivity contribution in [1.82, 2.24) is 10.2 Å². The summed E-state index contributed by atoms with van der Waals surface area (Å²) in [6.45, 7) is 5.70. The van der Waals surface area contributed by atoms with Crippen molar-refractivity contribution in [2.45, 2.75) is 27.2 Å². The topological polar surface area (TPSA) is 40.7 Å². The quantitative estimate of drug-likeness (QED) is 0.618. The fourth-order valence-electron chi connectivity index (χ4n) is 3.01. The molecule has 1 aromatic heterocycles. The van der Waals surface area contributed by atoms with E-state index in [1.807, 2.05) is 37.3 Å². The monoisotopic (exact) mass is 353 g/mol. The minimum absolute atomic E-state index is 0.103. The number of halogens is 2. The van der Waals surface area contributed by atoms with Gasteiger partial charge in [0.05, 0.1) is 11.9 Å². The van der Waals surface area contributed by atoms with E-state index in [0.717, 1.165) is 23.2 Å². The first-order chi connectivity index (χ1) is 12.6. The number of rotatable bonds is 5. The molecule has 3 aromatic rings. The molecule has 2 N–H and O–H groups in total. The fraction of sp³-hybridized carbons (Fsp3) is 0.190. The largest absolute Gasteiger partial charge is 0.353 e. The Morgan fingerprint density at radius 3 is 2.54 bits per heavy atom. The molecule has 0 fully saturated rings. The van der Waals surface area contributed by atoms with E-state index in [4.69, 9.17) is 0 Å². The van der Waals surface area contributed by atoms with Crippen LogP contribution in [0.25, 0.3) is 16.8 Å². The number of allylic oxidation sites excluding steroid dienone is 1. The number of nitrogens with zero attached hydrogens (tertiary/aromatic N) is 1. The van der Waals surface area contributed by atoms with Gasteiger partial charge in [0.2, 0.25) is 0 Å². The van der Waals surface area contributed by atoms with Gasteiger partial charge < -0.3 is 5.32 Å². The molecular weight excluding hydrogens is 332 g/mol. The summed E-state index contributed by atoms with van der Waals surface area (Å²) in [6.07, 6.45) is 4.21. The van der Waals surface area contributed by atoms with Gasteiger partial charge in [0.25, 0.3) is 0 Å². The second-order valence-corrected chi connectivity index (χ2v) is 6.04. The molecular formula is C21H21F2N3. The minimum Gasteiger partial charge on any atom is -0.353 e. The molecule has 0 aliphatic heterocycles. The first kappa shape index (κ1) is 17.9. The Labute approximate surface area is 151 Å². The Morgan fingerprint density at radius 1 is 1.12 bits per heavy atom. The van der Waals surface area contributed by atoms with Crippen LogP contribution in [0.5, 0.6) is 0 Å². The van der Waals surface area contributed by atoms with Crippen LogP contribution in [-0.2, 0) is 6.42 Å². The summed E-state index contributed by atoms with van der Waals surface area (Å²) in [7, 11) is 0. The first-order valence-electron chi connectivity index (χ1n) is 8.56. The average molecular weight is 353 g/mol. The average Bonchev–Trinajstić information content (AvgIpc) is 3.09. The number of benzene rings is 2. The normalized spacial score (nSPS) is 11.7. The lowest BCUT2D eigenvalue weighted by atomic mass is 10.0. The van der Waals surface area contributed by atoms with Crippen LogP contribution in [0.3, 0.4) is 0 Å². The molecule has 0 spiro atoms. The van der Waals surface area contributed by atoms with Gasteiger partial charge in [-0.3, -0.25) is 5.10 Å². The van der Waals surface area contributed by atoms with E-state index in [1.54, 1.807) is 19.1 Å². The minimum atomic E-state index is -0.906. The van der Waals surface area contributed by atoms with Gasteiger partial charge in [-0.1, -0.05) is 37.3 Å². The highest BCUT2D eigenvalue weighted by atomic mass is 19.2. The zero-order valence-corrected chi connectivity index (χ0v) is 15.0. The second kappa shape index (κ2) is 7.52. The van der Waals surface area contributed by atoms with E-state index in [2.05, 4.69) is 22.4 Å². The summed E-state index contributed by atoms with van der Waals surface area (Å²) in [5, 5.41) is 9.65. The van der Waals surface area contributed by atoms with E-state index in [-0.39, 0.29) is 11.3 Å². The molecule has 0 aliphatic carbocycles. The van der Waals surface area contributed by atoms with Gasteiger partial charge in [0.15, 0.2) is 11.6 Å². The Morgan fingerprint density at radius 2 is 1.88 bits per heavy atom. The van der Waals surface area contributed by atoms with Crippen LogP contribution in [0.1, 0.15) is 30.7 Å². The smallest absolute Gasteiger partial charge is 0.182 e. The summed E-state index contributed by atoms with van der Waals surface area (Å²) in [5.74, 6) is -1.80. The lowest BCUT2D eigenvalue weighted by Crippen LogP contribution is -2.05. The van der Waals surface area contributed by atoms with Gasteiger partial charge in [0, 0.05) is 28.1 Å². The predicted octanol–water partition coefficient (Wildman–Crippen LogP) is 5.70. The van der Waals surface area contributed by atoms with Crippen LogP contribution in [-0.4, -0.2) is 10.2 Å². The highest BCUT2D eigenvalue weighted by molar-refractivity contribution is 5.80. The zero-order chi connectivity index (χ0) is 18.7. The van der Waals surface area contributed by atoms with E-state index in [1.165, 1.54) is 6.20 Å². The summed E-state index contributed by atoms with van der Waals surface area (Å²) < 4.78 is 29.3. The third-order valence-corrected chi connectivity index (χ3v) is 4.45. The van der Waals surface area contributed by atoms with Crippen molar-refractivity contribution >= 4 is 11.4 Å². The van der Waals surface area contributed by atoms with Crippen molar-refractivity contribution in [3.8, 4) is 11.1 Å². The van der Waals surface area contributed by atoms with Crippen molar-refractivity contribution in [2.24, 2.45) is 0 Å². The van der Waals surface area contributed by atoms with Crippen molar-refractivity contribution < 1.29 is 8.78 Å².